The molecule has 1 aromatic rings. The van der Waals surface area contributed by atoms with Gasteiger partial charge in [-0.3, -0.25) is 14.6 Å². The summed E-state index contributed by atoms with van der Waals surface area (Å²) in [5, 5.41) is 0. The van der Waals surface area contributed by atoms with Gasteiger partial charge in [0.25, 0.3) is 0 Å². The van der Waals surface area contributed by atoms with Crippen LogP contribution in [-0.4, -0.2) is 73.2 Å². The largest absolute Gasteiger partial charge is 0.345 e. The van der Waals surface area contributed by atoms with E-state index in [1.165, 1.54) is 4.90 Å². The third kappa shape index (κ3) is 4.60. The number of nitrogens with zero attached hydrogens (tertiary/aromatic N) is 3. The van der Waals surface area contributed by atoms with Crippen LogP contribution in [0.1, 0.15) is 25.8 Å². The Balaban J connectivity index is 2.00. The van der Waals surface area contributed by atoms with E-state index in [0.29, 0.717) is 19.4 Å². The maximum Gasteiger partial charge on any atom is 0.237 e. The third-order valence-corrected chi connectivity index (χ3v) is 6.73. The van der Waals surface area contributed by atoms with Crippen LogP contribution in [0.15, 0.2) is 24.5 Å². The molecule has 1 aromatic heterocycles. The van der Waals surface area contributed by atoms with E-state index < -0.39 is 15.3 Å². The van der Waals surface area contributed by atoms with Gasteiger partial charge in [-0.2, -0.15) is 0 Å². The molecule has 8 heteroatoms. The Morgan fingerprint density at radius 2 is 1.81 bits per heavy atom. The van der Waals surface area contributed by atoms with Gasteiger partial charge in [-0.1, -0.05) is 0 Å². The Kier molecular flexibility index (Phi) is 6.05. The summed E-state index contributed by atoms with van der Waals surface area (Å²) in [6, 6.07) is 3.42. The van der Waals surface area contributed by atoms with Gasteiger partial charge >= 0.3 is 0 Å². The van der Waals surface area contributed by atoms with Crippen LogP contribution < -0.4 is 0 Å². The average molecular weight is 381 g/mol. The Labute approximate surface area is 155 Å². The second kappa shape index (κ2) is 7.73. The molecular weight excluding hydrogens is 354 g/mol. The van der Waals surface area contributed by atoms with Crippen molar-refractivity contribution < 1.29 is 18.0 Å². The van der Waals surface area contributed by atoms with Gasteiger partial charge in [0.15, 0.2) is 9.84 Å². The third-order valence-electron chi connectivity index (χ3n) is 4.98. The smallest absolute Gasteiger partial charge is 0.237 e. The minimum absolute atomic E-state index is 0.0304. The Bertz CT molecular complexity index is 762. The van der Waals surface area contributed by atoms with Crippen molar-refractivity contribution in [2.75, 3.05) is 32.1 Å². The summed E-state index contributed by atoms with van der Waals surface area (Å²) in [7, 11) is 0.173. The SMILES string of the molecule is CN(CCc1ccncc1)C(=O)C(C)(C)C(=O)N(C)C1CCS(=O)(=O)C1. The zero-order valence-corrected chi connectivity index (χ0v) is 16.6. The molecule has 1 saturated heterocycles. The van der Waals surface area contributed by atoms with E-state index in [0.717, 1.165) is 5.56 Å². The van der Waals surface area contributed by atoms with Crippen LogP contribution in [0.4, 0.5) is 0 Å². The first-order chi connectivity index (χ1) is 12.0. The van der Waals surface area contributed by atoms with Crippen molar-refractivity contribution in [3.63, 3.8) is 0 Å². The molecule has 0 radical (unpaired) electrons. The molecule has 1 fully saturated rings. The van der Waals surface area contributed by atoms with E-state index in [2.05, 4.69) is 4.98 Å². The summed E-state index contributed by atoms with van der Waals surface area (Å²) in [4.78, 5) is 32.6. The molecule has 0 aromatic carbocycles. The number of amides is 2. The predicted molar refractivity (Wildman–Crippen MR) is 99.2 cm³/mol. The van der Waals surface area contributed by atoms with Crippen LogP contribution >= 0.6 is 0 Å². The number of likely N-dealkylation sites (N-methyl/N-ethyl adjacent to an activating group) is 1. The van der Waals surface area contributed by atoms with Gasteiger partial charge in [0.2, 0.25) is 11.8 Å². The lowest BCUT2D eigenvalue weighted by Gasteiger charge is -2.34. The number of hydrogen-bond acceptors (Lipinski definition) is 5. The second-order valence-corrected chi connectivity index (χ2v) is 9.66. The number of aromatic nitrogens is 1. The van der Waals surface area contributed by atoms with E-state index in [9.17, 15) is 18.0 Å². The Hall–Kier alpha value is -1.96. The molecule has 0 saturated carbocycles. The summed E-state index contributed by atoms with van der Waals surface area (Å²) in [5.74, 6) is -0.558. The average Bonchev–Trinajstić information content (AvgIpc) is 2.98. The molecule has 2 rings (SSSR count). The minimum Gasteiger partial charge on any atom is -0.345 e. The van der Waals surface area contributed by atoms with E-state index in [4.69, 9.17) is 0 Å². The highest BCUT2D eigenvalue weighted by Gasteiger charge is 2.43. The van der Waals surface area contributed by atoms with Crippen LogP contribution in [0.2, 0.25) is 0 Å². The molecule has 1 aliphatic rings. The fraction of sp³-hybridized carbons (Fsp3) is 0.611. The molecule has 26 heavy (non-hydrogen) atoms. The maximum atomic E-state index is 12.9. The van der Waals surface area contributed by atoms with Crippen molar-refractivity contribution in [2.24, 2.45) is 5.41 Å². The number of hydrogen-bond donors (Lipinski definition) is 0. The van der Waals surface area contributed by atoms with Crippen LogP contribution in [0.5, 0.6) is 0 Å². The molecule has 1 aliphatic heterocycles. The molecule has 144 valence electrons. The highest BCUT2D eigenvalue weighted by molar-refractivity contribution is 7.91. The number of sulfone groups is 1. The summed E-state index contributed by atoms with van der Waals surface area (Å²) >= 11 is 0. The molecular formula is C18H27N3O4S. The minimum atomic E-state index is -3.09. The van der Waals surface area contributed by atoms with Crippen molar-refractivity contribution in [3.8, 4) is 0 Å². The fourth-order valence-electron chi connectivity index (χ4n) is 3.20. The van der Waals surface area contributed by atoms with E-state index in [1.807, 2.05) is 12.1 Å². The van der Waals surface area contributed by atoms with Gasteiger partial charge in [0.1, 0.15) is 5.41 Å². The van der Waals surface area contributed by atoms with Gasteiger partial charge in [-0.15, -0.1) is 0 Å². The summed E-state index contributed by atoms with van der Waals surface area (Å²) < 4.78 is 23.3. The Morgan fingerprint density at radius 1 is 1.19 bits per heavy atom. The van der Waals surface area contributed by atoms with Gasteiger partial charge in [0.05, 0.1) is 11.5 Å². The Morgan fingerprint density at radius 3 is 2.35 bits per heavy atom. The van der Waals surface area contributed by atoms with Gasteiger partial charge in [-0.25, -0.2) is 8.42 Å². The van der Waals surface area contributed by atoms with Crippen molar-refractivity contribution in [1.82, 2.24) is 14.8 Å². The van der Waals surface area contributed by atoms with Crippen molar-refractivity contribution in [1.29, 1.82) is 0 Å². The zero-order chi connectivity index (χ0) is 19.5. The highest BCUT2D eigenvalue weighted by atomic mass is 32.2. The monoisotopic (exact) mass is 381 g/mol. The first-order valence-electron chi connectivity index (χ1n) is 8.67. The van der Waals surface area contributed by atoms with E-state index >= 15 is 0 Å². The first-order valence-corrected chi connectivity index (χ1v) is 10.5. The molecule has 0 bridgehead atoms. The number of carbonyl (C=O) groups is 2. The second-order valence-electron chi connectivity index (χ2n) is 7.43. The number of rotatable bonds is 6. The van der Waals surface area contributed by atoms with Crippen molar-refractivity contribution in [3.05, 3.63) is 30.1 Å². The molecule has 2 amide bonds. The predicted octanol–water partition coefficient (Wildman–Crippen LogP) is 0.754. The maximum absolute atomic E-state index is 12.9. The highest BCUT2D eigenvalue weighted by Crippen LogP contribution is 2.25. The zero-order valence-electron chi connectivity index (χ0n) is 15.8. The van der Waals surface area contributed by atoms with Crippen LogP contribution in [0.3, 0.4) is 0 Å². The lowest BCUT2D eigenvalue weighted by Crippen LogP contribution is -2.52. The molecule has 7 nitrogen and oxygen atoms in total. The van der Waals surface area contributed by atoms with Crippen LogP contribution in [0, 0.1) is 5.41 Å². The molecule has 0 N–H and O–H groups in total. The number of pyridine rings is 1. The molecule has 2 heterocycles. The first kappa shape index (κ1) is 20.4. The summed E-state index contributed by atoms with van der Waals surface area (Å²) in [6.07, 6.45) is 4.50. The quantitative estimate of drug-likeness (QED) is 0.679. The van der Waals surface area contributed by atoms with Crippen molar-refractivity contribution in [2.45, 2.75) is 32.7 Å². The standard InChI is InChI=1S/C18H27N3O4S/c1-18(2,17(23)21(4)15-8-12-26(24,25)13-15)16(22)20(3)11-7-14-5-9-19-10-6-14/h5-6,9-10,15H,7-8,11-13H2,1-4H3. The summed E-state index contributed by atoms with van der Waals surface area (Å²) in [5.41, 5.74) is -0.175. The fourth-order valence-corrected chi connectivity index (χ4v) is 4.98. The summed E-state index contributed by atoms with van der Waals surface area (Å²) in [6.45, 7) is 3.68. The van der Waals surface area contributed by atoms with Crippen LogP contribution in [0.25, 0.3) is 0 Å². The lowest BCUT2D eigenvalue weighted by molar-refractivity contribution is -0.153. The van der Waals surface area contributed by atoms with E-state index in [-0.39, 0.29) is 29.4 Å². The van der Waals surface area contributed by atoms with Gasteiger partial charge in [-0.05, 0) is 44.4 Å². The van der Waals surface area contributed by atoms with Gasteiger partial charge < -0.3 is 9.80 Å². The molecule has 1 unspecified atom stereocenters. The number of carbonyl (C=O) groups excluding carboxylic acids is 2. The normalized spacial score (nSPS) is 19.2. The molecule has 1 atom stereocenters. The van der Waals surface area contributed by atoms with E-state index in [1.54, 1.807) is 45.2 Å². The lowest BCUT2D eigenvalue weighted by atomic mass is 9.89. The van der Waals surface area contributed by atoms with Crippen molar-refractivity contribution >= 4 is 21.7 Å². The molecule has 0 spiro atoms. The van der Waals surface area contributed by atoms with Gasteiger partial charge in [0, 0.05) is 39.1 Å². The molecule has 0 aliphatic carbocycles. The topological polar surface area (TPSA) is 87.7 Å². The van der Waals surface area contributed by atoms with Crippen LogP contribution in [-0.2, 0) is 25.8 Å².